The van der Waals surface area contributed by atoms with Crippen molar-refractivity contribution in [2.45, 2.75) is 25.2 Å². The predicted molar refractivity (Wildman–Crippen MR) is 111 cm³/mol. The third-order valence-electron chi connectivity index (χ3n) is 7.00. The van der Waals surface area contributed by atoms with Crippen LogP contribution in [-0.4, -0.2) is 64.3 Å². The fourth-order valence-electron chi connectivity index (χ4n) is 5.55. The molecule has 2 saturated heterocycles. The van der Waals surface area contributed by atoms with Crippen molar-refractivity contribution >= 4 is 5.91 Å². The van der Waals surface area contributed by atoms with Gasteiger partial charge in [0.2, 0.25) is 5.91 Å². The predicted octanol–water partition coefficient (Wildman–Crippen LogP) is 1.15. The fourth-order valence-corrected chi connectivity index (χ4v) is 5.55. The molecule has 2 fully saturated rings. The number of morpholine rings is 1. The van der Waals surface area contributed by atoms with Gasteiger partial charge >= 0.3 is 0 Å². The Hall–Kier alpha value is -2.62. The van der Waals surface area contributed by atoms with E-state index in [1.165, 1.54) is 6.07 Å². The molecule has 0 unspecified atom stereocenters. The summed E-state index contributed by atoms with van der Waals surface area (Å²) >= 11 is 0. The molecule has 9 heteroatoms. The molecule has 0 bridgehead atoms. The smallest absolute Gasteiger partial charge is 0.250 e. The van der Waals surface area contributed by atoms with Crippen LogP contribution in [0.2, 0.25) is 0 Å². The van der Waals surface area contributed by atoms with Crippen molar-refractivity contribution < 1.29 is 23.4 Å². The van der Waals surface area contributed by atoms with Gasteiger partial charge in [0.1, 0.15) is 11.6 Å². The maximum Gasteiger partial charge on any atom is 0.250 e. The normalized spacial score (nSPS) is 27.4. The number of likely N-dealkylation sites (tertiary alicyclic amines) is 1. The molecule has 32 heavy (non-hydrogen) atoms. The van der Waals surface area contributed by atoms with Crippen molar-refractivity contribution in [2.24, 2.45) is 11.8 Å². The van der Waals surface area contributed by atoms with Gasteiger partial charge in [0.25, 0.3) is 5.56 Å². The van der Waals surface area contributed by atoms with E-state index in [1.54, 1.807) is 15.5 Å². The molecule has 1 amide bonds. The SMILES string of the molecule is O=C([C@H]1[C@H](CO)[C@H]2Cn3c(cccc3=O)[C@H]2N1Cc1cc(F)ccc1F)N1CCOCC1. The molecule has 4 atom stereocenters. The summed E-state index contributed by atoms with van der Waals surface area (Å²) in [6.45, 7) is 1.89. The number of aromatic nitrogens is 1. The monoisotopic (exact) mass is 445 g/mol. The molecule has 7 nitrogen and oxygen atoms in total. The first-order valence-corrected chi connectivity index (χ1v) is 10.9. The Morgan fingerprint density at radius 1 is 1.16 bits per heavy atom. The number of amides is 1. The van der Waals surface area contributed by atoms with Crippen LogP contribution in [-0.2, 0) is 22.6 Å². The van der Waals surface area contributed by atoms with Gasteiger partial charge in [-0.1, -0.05) is 6.07 Å². The Kier molecular flexibility index (Phi) is 5.56. The second-order valence-corrected chi connectivity index (χ2v) is 8.65. The van der Waals surface area contributed by atoms with Gasteiger partial charge in [0.15, 0.2) is 0 Å². The third kappa shape index (κ3) is 3.44. The Morgan fingerprint density at radius 2 is 1.94 bits per heavy atom. The van der Waals surface area contributed by atoms with E-state index < -0.39 is 23.6 Å². The minimum Gasteiger partial charge on any atom is -0.396 e. The van der Waals surface area contributed by atoms with Crippen LogP contribution in [0.25, 0.3) is 0 Å². The van der Waals surface area contributed by atoms with Crippen LogP contribution in [0.15, 0.2) is 41.2 Å². The summed E-state index contributed by atoms with van der Waals surface area (Å²) in [6.07, 6.45) is 0. The summed E-state index contributed by atoms with van der Waals surface area (Å²) in [5, 5.41) is 10.3. The second kappa shape index (κ2) is 8.38. The molecule has 0 saturated carbocycles. The highest BCUT2D eigenvalue weighted by atomic mass is 19.1. The van der Waals surface area contributed by atoms with Crippen molar-refractivity contribution in [3.05, 3.63) is 69.6 Å². The average molecular weight is 445 g/mol. The lowest BCUT2D eigenvalue weighted by atomic mass is 9.88. The van der Waals surface area contributed by atoms with Crippen molar-refractivity contribution in [3.8, 4) is 0 Å². The molecule has 1 N–H and O–H groups in total. The minimum absolute atomic E-state index is 0.00884. The number of nitrogens with zero attached hydrogens (tertiary/aromatic N) is 3. The molecule has 3 aliphatic rings. The van der Waals surface area contributed by atoms with E-state index in [1.807, 2.05) is 11.0 Å². The summed E-state index contributed by atoms with van der Waals surface area (Å²) in [4.78, 5) is 29.6. The molecule has 0 aliphatic carbocycles. The fraction of sp³-hybridized carbons (Fsp3) is 0.478. The molecular weight excluding hydrogens is 420 g/mol. The number of hydrogen-bond donors (Lipinski definition) is 1. The van der Waals surface area contributed by atoms with E-state index in [9.17, 15) is 23.5 Å². The van der Waals surface area contributed by atoms with Crippen LogP contribution in [0.4, 0.5) is 8.78 Å². The largest absolute Gasteiger partial charge is 0.396 e. The lowest BCUT2D eigenvalue weighted by Gasteiger charge is -2.36. The van der Waals surface area contributed by atoms with Gasteiger partial charge in [0.05, 0.1) is 25.3 Å². The van der Waals surface area contributed by atoms with Gasteiger partial charge in [-0.3, -0.25) is 14.5 Å². The molecule has 1 aromatic carbocycles. The number of carbonyl (C=O) groups is 1. The number of pyridine rings is 1. The molecule has 1 aromatic heterocycles. The second-order valence-electron chi connectivity index (χ2n) is 8.65. The summed E-state index contributed by atoms with van der Waals surface area (Å²) < 4.78 is 35.5. The molecule has 5 rings (SSSR count). The molecular formula is C23H25F2N3O4. The number of halogens is 2. The number of aliphatic hydroxyl groups is 1. The maximum absolute atomic E-state index is 14.6. The molecule has 0 radical (unpaired) electrons. The first kappa shape index (κ1) is 21.2. The van der Waals surface area contributed by atoms with Gasteiger partial charge in [0, 0.05) is 61.9 Å². The third-order valence-corrected chi connectivity index (χ3v) is 7.00. The van der Waals surface area contributed by atoms with Crippen LogP contribution in [0.5, 0.6) is 0 Å². The topological polar surface area (TPSA) is 75.0 Å². The Morgan fingerprint density at radius 3 is 2.69 bits per heavy atom. The number of rotatable bonds is 4. The van der Waals surface area contributed by atoms with Crippen LogP contribution in [0.3, 0.4) is 0 Å². The molecule has 170 valence electrons. The van der Waals surface area contributed by atoms with Crippen LogP contribution in [0.1, 0.15) is 17.3 Å². The van der Waals surface area contributed by atoms with Crippen molar-refractivity contribution in [3.63, 3.8) is 0 Å². The Bertz CT molecular complexity index is 1090. The van der Waals surface area contributed by atoms with Gasteiger partial charge in [-0.15, -0.1) is 0 Å². The van der Waals surface area contributed by atoms with Crippen LogP contribution in [0, 0.1) is 23.5 Å². The summed E-state index contributed by atoms with van der Waals surface area (Å²) in [5.74, 6) is -1.90. The minimum atomic E-state index is -0.708. The van der Waals surface area contributed by atoms with Crippen molar-refractivity contribution in [1.29, 1.82) is 0 Å². The van der Waals surface area contributed by atoms with E-state index in [-0.39, 0.29) is 42.1 Å². The van der Waals surface area contributed by atoms with Gasteiger partial charge in [-0.2, -0.15) is 0 Å². The van der Waals surface area contributed by atoms with Crippen LogP contribution < -0.4 is 5.56 Å². The summed E-state index contributed by atoms with van der Waals surface area (Å²) in [5.41, 5.74) is 0.718. The molecule has 4 heterocycles. The van der Waals surface area contributed by atoms with Gasteiger partial charge < -0.3 is 19.3 Å². The first-order valence-electron chi connectivity index (χ1n) is 10.9. The van der Waals surface area contributed by atoms with Crippen molar-refractivity contribution in [2.75, 3.05) is 32.9 Å². The molecule has 2 aromatic rings. The van der Waals surface area contributed by atoms with Gasteiger partial charge in [-0.05, 0) is 24.3 Å². The Labute approximate surface area is 183 Å². The highest BCUT2D eigenvalue weighted by Crippen LogP contribution is 2.50. The van der Waals surface area contributed by atoms with E-state index >= 15 is 0 Å². The quantitative estimate of drug-likeness (QED) is 0.764. The first-order chi connectivity index (χ1) is 15.5. The lowest BCUT2D eigenvalue weighted by molar-refractivity contribution is -0.142. The summed E-state index contributed by atoms with van der Waals surface area (Å²) in [6, 6.07) is 7.18. The zero-order valence-electron chi connectivity index (χ0n) is 17.5. The summed E-state index contributed by atoms with van der Waals surface area (Å²) in [7, 11) is 0. The van der Waals surface area contributed by atoms with Gasteiger partial charge in [-0.25, -0.2) is 8.78 Å². The molecule has 0 spiro atoms. The lowest BCUT2D eigenvalue weighted by Crippen LogP contribution is -2.52. The van der Waals surface area contributed by atoms with E-state index in [4.69, 9.17) is 4.74 Å². The maximum atomic E-state index is 14.6. The van der Waals surface area contributed by atoms with E-state index in [0.29, 0.717) is 32.8 Å². The number of benzene rings is 1. The number of aliphatic hydroxyl groups excluding tert-OH is 1. The number of hydrogen-bond acceptors (Lipinski definition) is 5. The average Bonchev–Trinajstić information content (AvgIpc) is 3.32. The number of fused-ring (bicyclic) bond motifs is 3. The van der Waals surface area contributed by atoms with Crippen LogP contribution >= 0.6 is 0 Å². The Balaban J connectivity index is 1.58. The zero-order chi connectivity index (χ0) is 22.4. The zero-order valence-corrected chi connectivity index (χ0v) is 17.5. The van der Waals surface area contributed by atoms with Crippen molar-refractivity contribution in [1.82, 2.24) is 14.4 Å². The highest BCUT2D eigenvalue weighted by Gasteiger charge is 2.56. The molecule has 3 aliphatic heterocycles. The number of ether oxygens (including phenoxy) is 1. The van der Waals surface area contributed by atoms with E-state index in [0.717, 1.165) is 23.9 Å². The highest BCUT2D eigenvalue weighted by molar-refractivity contribution is 5.83. The van der Waals surface area contributed by atoms with E-state index in [2.05, 4.69) is 0 Å². The standard InChI is InChI=1S/C23H25F2N3O4/c24-15-4-5-18(25)14(10-15)11-28-21-16(12-27-19(21)2-1-3-20(27)30)17(13-29)22(28)23(31)26-6-8-32-9-7-26/h1-5,10,16-17,21-22,29H,6-9,11-13H2/t16-,17-,21+,22-/m1/s1. The number of carbonyl (C=O) groups excluding carboxylic acids is 1.